The number of aromatic nitrogens is 1. The Labute approximate surface area is 170 Å². The molecule has 3 heterocycles. The number of ether oxygens (including phenoxy) is 1. The fourth-order valence-corrected chi connectivity index (χ4v) is 5.04. The number of nitrogens with zero attached hydrogens (tertiary/aromatic N) is 1. The molecule has 1 fully saturated rings. The van der Waals surface area contributed by atoms with Crippen molar-refractivity contribution in [2.24, 2.45) is 5.92 Å². The molecule has 0 unspecified atom stereocenters. The van der Waals surface area contributed by atoms with Gasteiger partial charge in [0, 0.05) is 30.7 Å². The molecule has 28 heavy (non-hydrogen) atoms. The first-order valence-corrected chi connectivity index (χ1v) is 10.9. The van der Waals surface area contributed by atoms with Crippen LogP contribution in [0.3, 0.4) is 0 Å². The summed E-state index contributed by atoms with van der Waals surface area (Å²) in [5.41, 5.74) is 4.87. The van der Waals surface area contributed by atoms with Crippen LogP contribution in [-0.4, -0.2) is 23.6 Å². The minimum atomic E-state index is 0.129. The molecule has 3 aromatic rings. The lowest BCUT2D eigenvalue weighted by Gasteiger charge is -2.24. The van der Waals surface area contributed by atoms with Gasteiger partial charge in [0.05, 0.1) is 5.69 Å². The largest absolute Gasteiger partial charge is 0.381 e. The zero-order valence-electron chi connectivity index (χ0n) is 16.8. The van der Waals surface area contributed by atoms with E-state index in [0.717, 1.165) is 60.6 Å². The molecule has 0 radical (unpaired) electrons. The van der Waals surface area contributed by atoms with Gasteiger partial charge in [-0.3, -0.25) is 4.79 Å². The summed E-state index contributed by atoms with van der Waals surface area (Å²) in [6.07, 6.45) is 2.12. The Bertz CT molecular complexity index is 1030. The third-order valence-corrected chi connectivity index (χ3v) is 6.61. The Hall–Kier alpha value is -2.17. The van der Waals surface area contributed by atoms with Crippen molar-refractivity contribution in [2.45, 2.75) is 40.2 Å². The number of benzene rings is 1. The van der Waals surface area contributed by atoms with Gasteiger partial charge in [0.15, 0.2) is 0 Å². The first-order chi connectivity index (χ1) is 13.6. The van der Waals surface area contributed by atoms with Gasteiger partial charge in [-0.15, -0.1) is 11.3 Å². The Morgan fingerprint density at radius 1 is 1.18 bits per heavy atom. The number of thiophene rings is 1. The summed E-state index contributed by atoms with van der Waals surface area (Å²) in [6.45, 7) is 8.68. The zero-order chi connectivity index (χ0) is 19.7. The van der Waals surface area contributed by atoms with E-state index in [0.29, 0.717) is 5.92 Å². The van der Waals surface area contributed by atoms with Crippen molar-refractivity contribution < 1.29 is 9.53 Å². The summed E-state index contributed by atoms with van der Waals surface area (Å²) in [4.78, 5) is 15.0. The maximum atomic E-state index is 13.8. The van der Waals surface area contributed by atoms with Gasteiger partial charge in [-0.05, 0) is 68.2 Å². The number of hydrogen-bond donors (Lipinski definition) is 0. The van der Waals surface area contributed by atoms with Crippen LogP contribution in [0.5, 0.6) is 0 Å². The minimum absolute atomic E-state index is 0.129. The second kappa shape index (κ2) is 8.06. The van der Waals surface area contributed by atoms with E-state index in [9.17, 15) is 4.79 Å². The number of hydrogen-bond acceptors (Lipinski definition) is 3. The smallest absolute Gasteiger partial charge is 0.209 e. The summed E-state index contributed by atoms with van der Waals surface area (Å²) in [6, 6.07) is 12.4. The first kappa shape index (κ1) is 19.2. The quantitative estimate of drug-likeness (QED) is 0.386. The molecule has 1 aliphatic rings. The van der Waals surface area contributed by atoms with Crippen LogP contribution in [0.4, 0.5) is 0 Å². The highest BCUT2D eigenvalue weighted by atomic mass is 32.1. The van der Waals surface area contributed by atoms with Gasteiger partial charge < -0.3 is 9.30 Å². The highest BCUT2D eigenvalue weighted by molar-refractivity contribution is 7.16. The highest BCUT2D eigenvalue weighted by Crippen LogP contribution is 2.32. The van der Waals surface area contributed by atoms with Crippen LogP contribution >= 0.6 is 11.3 Å². The molecular weight excluding hydrogens is 366 g/mol. The maximum absolute atomic E-state index is 13.8. The van der Waals surface area contributed by atoms with Crippen LogP contribution < -0.4 is 0 Å². The zero-order valence-corrected chi connectivity index (χ0v) is 17.6. The van der Waals surface area contributed by atoms with Crippen LogP contribution in [0.1, 0.15) is 48.3 Å². The Morgan fingerprint density at radius 2 is 1.93 bits per heavy atom. The van der Waals surface area contributed by atoms with Gasteiger partial charge in [-0.25, -0.2) is 0 Å². The molecule has 2 aromatic heterocycles. The van der Waals surface area contributed by atoms with Gasteiger partial charge in [-0.2, -0.15) is 0 Å². The molecule has 0 aliphatic carbocycles. The van der Waals surface area contributed by atoms with Crippen molar-refractivity contribution in [1.29, 1.82) is 0 Å². The van der Waals surface area contributed by atoms with Crippen LogP contribution in [0.25, 0.3) is 15.8 Å². The Balaban J connectivity index is 1.78. The average molecular weight is 394 g/mol. The lowest BCUT2D eigenvalue weighted by Crippen LogP contribution is -2.22. The molecule has 0 atom stereocenters. The maximum Gasteiger partial charge on any atom is 0.209 e. The lowest BCUT2D eigenvalue weighted by atomic mass is 9.92. The van der Waals surface area contributed by atoms with Crippen molar-refractivity contribution in [3.63, 3.8) is 0 Å². The van der Waals surface area contributed by atoms with Crippen LogP contribution in [-0.2, 0) is 11.3 Å². The van der Waals surface area contributed by atoms with E-state index in [1.807, 2.05) is 26.0 Å². The minimum Gasteiger partial charge on any atom is -0.381 e. The summed E-state index contributed by atoms with van der Waals surface area (Å²) in [5.74, 6) is 0.691. The first-order valence-electron chi connectivity index (χ1n) is 9.99. The van der Waals surface area contributed by atoms with Gasteiger partial charge in [0.1, 0.15) is 4.83 Å². The van der Waals surface area contributed by atoms with Crippen LogP contribution in [0.15, 0.2) is 47.4 Å². The second-order valence-corrected chi connectivity index (χ2v) is 8.79. The SMILES string of the molecule is CC(C)=C(C(=O)c1cc2ccsc2n1CC1CCOCC1)c1ccccc1C. The molecule has 0 bridgehead atoms. The van der Waals surface area contributed by atoms with Gasteiger partial charge >= 0.3 is 0 Å². The molecule has 0 saturated carbocycles. The fraction of sp³-hybridized carbons (Fsp3) is 0.375. The molecule has 0 N–H and O–H groups in total. The Kier molecular flexibility index (Phi) is 5.51. The lowest BCUT2D eigenvalue weighted by molar-refractivity contribution is 0.0614. The van der Waals surface area contributed by atoms with Crippen LogP contribution in [0.2, 0.25) is 0 Å². The fourth-order valence-electron chi connectivity index (χ4n) is 4.13. The molecule has 146 valence electrons. The summed E-state index contributed by atoms with van der Waals surface area (Å²) >= 11 is 1.72. The third-order valence-electron chi connectivity index (χ3n) is 5.66. The monoisotopic (exact) mass is 393 g/mol. The molecule has 4 heteroatoms. The molecule has 3 nitrogen and oxygen atoms in total. The van der Waals surface area contributed by atoms with E-state index < -0.39 is 0 Å². The average Bonchev–Trinajstić information content (AvgIpc) is 3.27. The van der Waals surface area contributed by atoms with Crippen molar-refractivity contribution >= 4 is 32.9 Å². The number of carbonyl (C=O) groups is 1. The summed E-state index contributed by atoms with van der Waals surface area (Å²) < 4.78 is 7.79. The van der Waals surface area contributed by atoms with Crippen molar-refractivity contribution in [3.05, 3.63) is 64.2 Å². The predicted molar refractivity (Wildman–Crippen MR) is 117 cm³/mol. The Morgan fingerprint density at radius 3 is 2.64 bits per heavy atom. The van der Waals surface area contributed by atoms with Gasteiger partial charge in [0.25, 0.3) is 0 Å². The van der Waals surface area contributed by atoms with E-state index in [-0.39, 0.29) is 5.78 Å². The van der Waals surface area contributed by atoms with E-state index in [2.05, 4.69) is 41.1 Å². The summed E-state index contributed by atoms with van der Waals surface area (Å²) in [5, 5.41) is 3.28. The van der Waals surface area contributed by atoms with Crippen molar-refractivity contribution in [2.75, 3.05) is 13.2 Å². The number of ketones is 1. The number of rotatable bonds is 5. The number of carbonyl (C=O) groups excluding carboxylic acids is 1. The molecule has 1 aromatic carbocycles. The summed E-state index contributed by atoms with van der Waals surface area (Å²) in [7, 11) is 0. The predicted octanol–water partition coefficient (Wildman–Crippen LogP) is 6.11. The topological polar surface area (TPSA) is 31.2 Å². The number of fused-ring (bicyclic) bond motifs is 1. The third kappa shape index (κ3) is 3.59. The van der Waals surface area contributed by atoms with Gasteiger partial charge in [0.2, 0.25) is 5.78 Å². The van der Waals surface area contributed by atoms with Crippen molar-refractivity contribution in [1.82, 2.24) is 4.57 Å². The highest BCUT2D eigenvalue weighted by Gasteiger charge is 2.25. The van der Waals surface area contributed by atoms with E-state index in [1.54, 1.807) is 11.3 Å². The molecule has 4 rings (SSSR count). The van der Waals surface area contributed by atoms with Crippen molar-refractivity contribution in [3.8, 4) is 0 Å². The molecule has 0 spiro atoms. The number of Topliss-reactive ketones (excluding diaryl/α,β-unsaturated/α-hetero) is 1. The molecular formula is C24H27NO2S. The second-order valence-electron chi connectivity index (χ2n) is 7.90. The normalized spacial score (nSPS) is 15.1. The van der Waals surface area contributed by atoms with E-state index in [1.165, 1.54) is 10.2 Å². The van der Waals surface area contributed by atoms with Gasteiger partial charge in [-0.1, -0.05) is 29.8 Å². The van der Waals surface area contributed by atoms with Crippen LogP contribution in [0, 0.1) is 12.8 Å². The van der Waals surface area contributed by atoms with E-state index >= 15 is 0 Å². The molecule has 0 amide bonds. The molecule has 1 saturated heterocycles. The standard InChI is InChI=1S/C24H27NO2S/c1-16(2)22(20-7-5-4-6-17(20)3)23(26)21-14-19-10-13-28-24(19)25(21)15-18-8-11-27-12-9-18/h4-7,10,13-14,18H,8-9,11-12,15H2,1-3H3. The number of allylic oxidation sites excluding steroid dienone is 2. The molecule has 1 aliphatic heterocycles. The van der Waals surface area contributed by atoms with E-state index in [4.69, 9.17) is 4.74 Å². The number of aryl methyl sites for hydroxylation is 1.